The zero-order valence-electron chi connectivity index (χ0n) is 11.7. The van der Waals surface area contributed by atoms with Crippen molar-refractivity contribution >= 4 is 11.9 Å². The molecule has 7 nitrogen and oxygen atoms in total. The standard InChI is InChI=1S/C13H17N5O2/c1-9-7-11(17-20-9)8-18(3)10(2)12(19)16-13-14-5-4-6-15-13/h4-7,10H,8H2,1-3H3,(H,14,15,16,19). The molecule has 2 rings (SSSR count). The Morgan fingerprint density at radius 2 is 2.15 bits per heavy atom. The smallest absolute Gasteiger partial charge is 0.243 e. The number of amides is 1. The molecule has 0 aliphatic carbocycles. The number of hydrogen-bond donors (Lipinski definition) is 1. The first-order valence-corrected chi connectivity index (χ1v) is 6.26. The van der Waals surface area contributed by atoms with E-state index in [0.29, 0.717) is 12.5 Å². The number of hydrogen-bond acceptors (Lipinski definition) is 6. The molecular weight excluding hydrogens is 258 g/mol. The number of likely N-dealkylation sites (N-methyl/N-ethyl adjacent to an activating group) is 1. The van der Waals surface area contributed by atoms with Crippen molar-refractivity contribution in [2.75, 3.05) is 12.4 Å². The van der Waals surface area contributed by atoms with Gasteiger partial charge in [0.2, 0.25) is 11.9 Å². The van der Waals surface area contributed by atoms with Crippen LogP contribution in [0.15, 0.2) is 29.0 Å². The Labute approximate surface area is 117 Å². The van der Waals surface area contributed by atoms with Gasteiger partial charge in [0, 0.05) is 25.0 Å². The van der Waals surface area contributed by atoms with Crippen molar-refractivity contribution in [2.24, 2.45) is 0 Å². The fourth-order valence-corrected chi connectivity index (χ4v) is 1.66. The van der Waals surface area contributed by atoms with Crippen LogP contribution in [0.1, 0.15) is 18.4 Å². The Morgan fingerprint density at radius 3 is 2.75 bits per heavy atom. The molecule has 0 fully saturated rings. The fourth-order valence-electron chi connectivity index (χ4n) is 1.66. The van der Waals surface area contributed by atoms with E-state index in [1.165, 1.54) is 0 Å². The summed E-state index contributed by atoms with van der Waals surface area (Å²) in [6, 6.07) is 3.20. The molecule has 7 heteroatoms. The lowest BCUT2D eigenvalue weighted by molar-refractivity contribution is -0.120. The van der Waals surface area contributed by atoms with Gasteiger partial charge in [-0.05, 0) is 27.0 Å². The molecule has 106 valence electrons. The van der Waals surface area contributed by atoms with E-state index >= 15 is 0 Å². The molecule has 0 aliphatic heterocycles. The van der Waals surface area contributed by atoms with E-state index in [1.54, 1.807) is 18.5 Å². The summed E-state index contributed by atoms with van der Waals surface area (Å²) in [5, 5.41) is 6.58. The molecule has 0 saturated carbocycles. The maximum absolute atomic E-state index is 12.1. The van der Waals surface area contributed by atoms with Gasteiger partial charge in [0.05, 0.1) is 11.7 Å². The van der Waals surface area contributed by atoms with Crippen LogP contribution in [-0.4, -0.2) is 39.0 Å². The molecule has 0 saturated heterocycles. The first kappa shape index (κ1) is 14.1. The topological polar surface area (TPSA) is 84.2 Å². The number of aromatic nitrogens is 3. The Kier molecular flexibility index (Phi) is 4.41. The van der Waals surface area contributed by atoms with Crippen LogP contribution in [0.5, 0.6) is 0 Å². The number of nitrogens with zero attached hydrogens (tertiary/aromatic N) is 4. The summed E-state index contributed by atoms with van der Waals surface area (Å²) in [4.78, 5) is 21.9. The Hall–Kier alpha value is -2.28. The molecule has 2 aromatic rings. The average molecular weight is 275 g/mol. The van der Waals surface area contributed by atoms with E-state index in [1.807, 2.05) is 31.9 Å². The van der Waals surface area contributed by atoms with Gasteiger partial charge >= 0.3 is 0 Å². The zero-order valence-corrected chi connectivity index (χ0v) is 11.7. The van der Waals surface area contributed by atoms with Gasteiger partial charge in [-0.3, -0.25) is 15.0 Å². The van der Waals surface area contributed by atoms with Gasteiger partial charge in [0.15, 0.2) is 0 Å². The number of rotatable bonds is 5. The molecule has 0 bridgehead atoms. The molecule has 1 unspecified atom stereocenters. The molecular formula is C13H17N5O2. The first-order valence-electron chi connectivity index (χ1n) is 6.26. The highest BCUT2D eigenvalue weighted by Gasteiger charge is 2.19. The summed E-state index contributed by atoms with van der Waals surface area (Å²) in [6.07, 6.45) is 3.16. The molecule has 1 atom stereocenters. The van der Waals surface area contributed by atoms with Crippen molar-refractivity contribution in [1.82, 2.24) is 20.0 Å². The number of anilines is 1. The minimum atomic E-state index is -0.337. The van der Waals surface area contributed by atoms with Crippen molar-refractivity contribution in [2.45, 2.75) is 26.4 Å². The van der Waals surface area contributed by atoms with E-state index in [2.05, 4.69) is 20.4 Å². The Balaban J connectivity index is 1.92. The third kappa shape index (κ3) is 3.61. The SMILES string of the molecule is Cc1cc(CN(C)C(C)C(=O)Nc2ncccn2)no1. The molecule has 1 amide bonds. The van der Waals surface area contributed by atoms with Gasteiger partial charge in [0.25, 0.3) is 0 Å². The summed E-state index contributed by atoms with van der Waals surface area (Å²) in [5.74, 6) is 0.886. The fraction of sp³-hybridized carbons (Fsp3) is 0.385. The largest absolute Gasteiger partial charge is 0.361 e. The Morgan fingerprint density at radius 1 is 1.45 bits per heavy atom. The highest BCUT2D eigenvalue weighted by Crippen LogP contribution is 2.08. The quantitative estimate of drug-likeness (QED) is 0.883. The van der Waals surface area contributed by atoms with Crippen LogP contribution in [0.3, 0.4) is 0 Å². The number of carbonyl (C=O) groups is 1. The van der Waals surface area contributed by atoms with E-state index < -0.39 is 0 Å². The van der Waals surface area contributed by atoms with Gasteiger partial charge in [-0.2, -0.15) is 0 Å². The molecule has 0 aliphatic rings. The normalized spacial score (nSPS) is 12.4. The average Bonchev–Trinajstić information content (AvgIpc) is 2.84. The van der Waals surface area contributed by atoms with Gasteiger partial charge in [-0.25, -0.2) is 9.97 Å². The van der Waals surface area contributed by atoms with Crippen molar-refractivity contribution in [3.63, 3.8) is 0 Å². The molecule has 2 heterocycles. The maximum Gasteiger partial charge on any atom is 0.243 e. The minimum absolute atomic E-state index is 0.168. The lowest BCUT2D eigenvalue weighted by atomic mass is 10.2. The van der Waals surface area contributed by atoms with E-state index in [9.17, 15) is 4.79 Å². The van der Waals surface area contributed by atoms with E-state index in [-0.39, 0.29) is 11.9 Å². The van der Waals surface area contributed by atoms with Crippen molar-refractivity contribution in [3.8, 4) is 0 Å². The molecule has 1 N–H and O–H groups in total. The van der Waals surface area contributed by atoms with Gasteiger partial charge in [0.1, 0.15) is 5.76 Å². The summed E-state index contributed by atoms with van der Waals surface area (Å²) < 4.78 is 5.00. The van der Waals surface area contributed by atoms with Gasteiger partial charge in [-0.1, -0.05) is 5.16 Å². The monoisotopic (exact) mass is 275 g/mol. The van der Waals surface area contributed by atoms with Crippen molar-refractivity contribution in [1.29, 1.82) is 0 Å². The molecule has 0 radical (unpaired) electrons. The lowest BCUT2D eigenvalue weighted by Crippen LogP contribution is -2.39. The summed E-state index contributed by atoms with van der Waals surface area (Å²) in [6.45, 7) is 4.17. The maximum atomic E-state index is 12.1. The summed E-state index contributed by atoms with van der Waals surface area (Å²) in [7, 11) is 1.85. The summed E-state index contributed by atoms with van der Waals surface area (Å²) >= 11 is 0. The number of carbonyl (C=O) groups excluding carboxylic acids is 1. The second-order valence-electron chi connectivity index (χ2n) is 4.58. The van der Waals surface area contributed by atoms with Crippen LogP contribution < -0.4 is 5.32 Å². The Bertz CT molecular complexity index is 569. The molecule has 2 aromatic heterocycles. The summed E-state index contributed by atoms with van der Waals surface area (Å²) in [5.41, 5.74) is 0.792. The van der Waals surface area contributed by atoms with Crippen LogP contribution >= 0.6 is 0 Å². The van der Waals surface area contributed by atoms with Crippen molar-refractivity contribution < 1.29 is 9.32 Å². The van der Waals surface area contributed by atoms with E-state index in [0.717, 1.165) is 11.5 Å². The second kappa shape index (κ2) is 6.25. The third-order valence-corrected chi connectivity index (χ3v) is 2.93. The predicted molar refractivity (Wildman–Crippen MR) is 72.8 cm³/mol. The van der Waals surface area contributed by atoms with Crippen molar-refractivity contribution in [3.05, 3.63) is 36.0 Å². The molecule has 0 aromatic carbocycles. The van der Waals surface area contributed by atoms with Crippen LogP contribution in [0.4, 0.5) is 5.95 Å². The van der Waals surface area contributed by atoms with Gasteiger partial charge < -0.3 is 4.52 Å². The van der Waals surface area contributed by atoms with Crippen LogP contribution in [-0.2, 0) is 11.3 Å². The number of nitrogens with one attached hydrogen (secondary N) is 1. The highest BCUT2D eigenvalue weighted by atomic mass is 16.5. The zero-order chi connectivity index (χ0) is 14.5. The molecule has 20 heavy (non-hydrogen) atoms. The number of aryl methyl sites for hydroxylation is 1. The third-order valence-electron chi connectivity index (χ3n) is 2.93. The van der Waals surface area contributed by atoms with Crippen LogP contribution in [0.2, 0.25) is 0 Å². The van der Waals surface area contributed by atoms with E-state index in [4.69, 9.17) is 4.52 Å². The van der Waals surface area contributed by atoms with Gasteiger partial charge in [-0.15, -0.1) is 0 Å². The molecule has 0 spiro atoms. The van der Waals surface area contributed by atoms with Crippen LogP contribution in [0, 0.1) is 6.92 Å². The van der Waals surface area contributed by atoms with Crippen LogP contribution in [0.25, 0.3) is 0 Å². The predicted octanol–water partition coefficient (Wildman–Crippen LogP) is 1.23. The lowest BCUT2D eigenvalue weighted by Gasteiger charge is -2.22. The minimum Gasteiger partial charge on any atom is -0.361 e. The first-order chi connectivity index (χ1) is 9.56. The highest BCUT2D eigenvalue weighted by molar-refractivity contribution is 5.92. The second-order valence-corrected chi connectivity index (χ2v) is 4.58.